The molecule has 0 unspecified atom stereocenters. The molecule has 2 amide bonds. The van der Waals surface area contributed by atoms with Gasteiger partial charge in [-0.2, -0.15) is 0 Å². The Hall–Kier alpha value is -3.40. The first-order chi connectivity index (χ1) is 14.7. The molecule has 3 rings (SSSR count). The van der Waals surface area contributed by atoms with Crippen molar-refractivity contribution in [2.45, 2.75) is 31.8 Å². The second kappa shape index (κ2) is 11.0. The lowest BCUT2D eigenvalue weighted by Crippen LogP contribution is -2.49. The molecule has 3 aromatic rings. The van der Waals surface area contributed by atoms with E-state index in [9.17, 15) is 9.59 Å². The molecule has 0 aliphatic rings. The van der Waals surface area contributed by atoms with Gasteiger partial charge in [0.1, 0.15) is 6.04 Å². The first kappa shape index (κ1) is 21.3. The Balaban J connectivity index is 1.84. The lowest BCUT2D eigenvalue weighted by atomic mass is 10.0. The quantitative estimate of drug-likeness (QED) is 0.590. The van der Waals surface area contributed by atoms with Crippen LogP contribution in [0.15, 0.2) is 91.0 Å². The average Bonchev–Trinajstić information content (AvgIpc) is 2.81. The summed E-state index contributed by atoms with van der Waals surface area (Å²) < 4.78 is 0. The van der Waals surface area contributed by atoms with E-state index in [0.29, 0.717) is 25.8 Å². The summed E-state index contributed by atoms with van der Waals surface area (Å²) in [5.41, 5.74) is 3.15. The molecule has 0 spiro atoms. The summed E-state index contributed by atoms with van der Waals surface area (Å²) in [6, 6.07) is 29.1. The number of hydrogen-bond acceptors (Lipinski definition) is 2. The Morgan fingerprint density at radius 1 is 0.767 bits per heavy atom. The molecule has 0 aromatic heterocycles. The third-order valence-corrected chi connectivity index (χ3v) is 5.18. The van der Waals surface area contributed by atoms with E-state index in [4.69, 9.17) is 0 Å². The fraction of sp³-hybridized carbons (Fsp3) is 0.231. The minimum absolute atomic E-state index is 0.0211. The standard InChI is InChI=1S/C26H28N2O2/c1-27-26(30)24(19-22-13-7-3-8-14-22)28(20-23-15-9-4-10-16-23)25(29)18-17-21-11-5-2-6-12-21/h2-16,24H,17-20H2,1H3,(H,27,30)/t24-/m0/s1. The number of carbonyl (C=O) groups is 2. The Morgan fingerprint density at radius 3 is 1.80 bits per heavy atom. The molecular formula is C26H28N2O2. The highest BCUT2D eigenvalue weighted by Gasteiger charge is 2.29. The Labute approximate surface area is 178 Å². The molecule has 0 bridgehead atoms. The highest BCUT2D eigenvalue weighted by Crippen LogP contribution is 2.16. The molecule has 3 aromatic carbocycles. The first-order valence-electron chi connectivity index (χ1n) is 10.3. The number of carbonyl (C=O) groups excluding carboxylic acids is 2. The van der Waals surface area contributed by atoms with Crippen molar-refractivity contribution in [3.8, 4) is 0 Å². The largest absolute Gasteiger partial charge is 0.357 e. The third kappa shape index (κ3) is 6.05. The number of rotatable bonds is 9. The minimum atomic E-state index is -0.569. The predicted molar refractivity (Wildman–Crippen MR) is 120 cm³/mol. The highest BCUT2D eigenvalue weighted by molar-refractivity contribution is 5.88. The van der Waals surface area contributed by atoms with Crippen LogP contribution in [0.2, 0.25) is 0 Å². The molecule has 4 nitrogen and oxygen atoms in total. The van der Waals surface area contributed by atoms with Gasteiger partial charge < -0.3 is 10.2 Å². The van der Waals surface area contributed by atoms with Crippen LogP contribution < -0.4 is 5.32 Å². The van der Waals surface area contributed by atoms with Crippen molar-refractivity contribution in [1.82, 2.24) is 10.2 Å². The van der Waals surface area contributed by atoms with E-state index >= 15 is 0 Å². The maximum Gasteiger partial charge on any atom is 0.242 e. The van der Waals surface area contributed by atoms with Crippen molar-refractivity contribution in [3.63, 3.8) is 0 Å². The van der Waals surface area contributed by atoms with E-state index in [1.54, 1.807) is 11.9 Å². The van der Waals surface area contributed by atoms with Gasteiger partial charge in [-0.25, -0.2) is 0 Å². The second-order valence-corrected chi connectivity index (χ2v) is 7.31. The van der Waals surface area contributed by atoms with Gasteiger partial charge in [-0.05, 0) is 23.1 Å². The molecule has 0 saturated heterocycles. The van der Waals surface area contributed by atoms with Crippen LogP contribution >= 0.6 is 0 Å². The molecule has 4 heteroatoms. The number of amides is 2. The van der Waals surface area contributed by atoms with Gasteiger partial charge >= 0.3 is 0 Å². The first-order valence-corrected chi connectivity index (χ1v) is 10.3. The number of likely N-dealkylation sites (N-methyl/N-ethyl adjacent to an activating group) is 1. The molecular weight excluding hydrogens is 372 g/mol. The van der Waals surface area contributed by atoms with Gasteiger partial charge in [0.05, 0.1) is 0 Å². The number of nitrogens with one attached hydrogen (secondary N) is 1. The van der Waals surface area contributed by atoms with E-state index < -0.39 is 6.04 Å². The summed E-state index contributed by atoms with van der Waals surface area (Å²) in [6.45, 7) is 0.402. The van der Waals surface area contributed by atoms with Crippen molar-refractivity contribution in [2.24, 2.45) is 0 Å². The maximum absolute atomic E-state index is 13.3. The molecule has 154 valence electrons. The van der Waals surface area contributed by atoms with Crippen LogP contribution in [0.3, 0.4) is 0 Å². The monoisotopic (exact) mass is 400 g/mol. The van der Waals surface area contributed by atoms with Crippen LogP contribution in [-0.2, 0) is 29.0 Å². The molecule has 30 heavy (non-hydrogen) atoms. The third-order valence-electron chi connectivity index (χ3n) is 5.18. The smallest absolute Gasteiger partial charge is 0.242 e. The van der Waals surface area contributed by atoms with E-state index in [2.05, 4.69) is 5.32 Å². The van der Waals surface area contributed by atoms with E-state index in [0.717, 1.165) is 16.7 Å². The van der Waals surface area contributed by atoms with Crippen LogP contribution in [0.5, 0.6) is 0 Å². The lowest BCUT2D eigenvalue weighted by molar-refractivity contribution is -0.141. The van der Waals surface area contributed by atoms with Gasteiger partial charge in [0.15, 0.2) is 0 Å². The van der Waals surface area contributed by atoms with Crippen LogP contribution in [0.25, 0.3) is 0 Å². The van der Waals surface area contributed by atoms with Crippen LogP contribution in [0, 0.1) is 0 Å². The topological polar surface area (TPSA) is 49.4 Å². The zero-order valence-electron chi connectivity index (χ0n) is 17.3. The van der Waals surface area contributed by atoms with Crippen LogP contribution in [0.1, 0.15) is 23.1 Å². The van der Waals surface area contributed by atoms with Crippen molar-refractivity contribution >= 4 is 11.8 Å². The number of nitrogens with zero attached hydrogens (tertiary/aromatic N) is 1. The summed E-state index contributed by atoms with van der Waals surface area (Å²) in [5, 5.41) is 2.75. The normalized spacial score (nSPS) is 11.5. The summed E-state index contributed by atoms with van der Waals surface area (Å²) in [5.74, 6) is -0.171. The molecule has 0 fully saturated rings. The maximum atomic E-state index is 13.3. The molecule has 0 saturated carbocycles. The van der Waals surface area contributed by atoms with Gasteiger partial charge in [-0.15, -0.1) is 0 Å². The van der Waals surface area contributed by atoms with Crippen molar-refractivity contribution < 1.29 is 9.59 Å². The fourth-order valence-corrected chi connectivity index (χ4v) is 3.54. The fourth-order valence-electron chi connectivity index (χ4n) is 3.54. The zero-order valence-corrected chi connectivity index (χ0v) is 17.3. The molecule has 0 radical (unpaired) electrons. The summed E-state index contributed by atoms with van der Waals surface area (Å²) in [7, 11) is 1.62. The summed E-state index contributed by atoms with van der Waals surface area (Å²) >= 11 is 0. The van der Waals surface area contributed by atoms with E-state index in [1.165, 1.54) is 0 Å². The van der Waals surface area contributed by atoms with E-state index in [-0.39, 0.29) is 11.8 Å². The molecule has 0 aliphatic heterocycles. The molecule has 0 aliphatic carbocycles. The summed E-state index contributed by atoms with van der Waals surface area (Å²) in [6.07, 6.45) is 1.49. The summed E-state index contributed by atoms with van der Waals surface area (Å²) in [4.78, 5) is 27.9. The van der Waals surface area contributed by atoms with Crippen molar-refractivity contribution in [1.29, 1.82) is 0 Å². The van der Waals surface area contributed by atoms with Gasteiger partial charge in [-0.1, -0.05) is 91.0 Å². The SMILES string of the molecule is CNC(=O)[C@H](Cc1ccccc1)N(Cc1ccccc1)C(=O)CCc1ccccc1. The van der Waals surface area contributed by atoms with E-state index in [1.807, 2.05) is 91.0 Å². The van der Waals surface area contributed by atoms with Gasteiger partial charge in [0.2, 0.25) is 11.8 Å². The van der Waals surface area contributed by atoms with Gasteiger partial charge in [-0.3, -0.25) is 9.59 Å². The second-order valence-electron chi connectivity index (χ2n) is 7.31. The average molecular weight is 401 g/mol. The number of aryl methyl sites for hydroxylation is 1. The highest BCUT2D eigenvalue weighted by atomic mass is 16.2. The molecule has 0 heterocycles. The Morgan fingerprint density at radius 2 is 1.27 bits per heavy atom. The molecule has 1 atom stereocenters. The minimum Gasteiger partial charge on any atom is -0.357 e. The lowest BCUT2D eigenvalue weighted by Gasteiger charge is -2.31. The zero-order chi connectivity index (χ0) is 21.2. The van der Waals surface area contributed by atoms with Crippen LogP contribution in [-0.4, -0.2) is 29.8 Å². The Bertz CT molecular complexity index is 927. The number of hydrogen-bond donors (Lipinski definition) is 1. The van der Waals surface area contributed by atoms with Gasteiger partial charge in [0, 0.05) is 26.4 Å². The van der Waals surface area contributed by atoms with Gasteiger partial charge in [0.25, 0.3) is 0 Å². The Kier molecular flexibility index (Phi) is 7.78. The van der Waals surface area contributed by atoms with Crippen molar-refractivity contribution in [3.05, 3.63) is 108 Å². The predicted octanol–water partition coefficient (Wildman–Crippen LogP) is 4.01. The number of benzene rings is 3. The van der Waals surface area contributed by atoms with Crippen molar-refractivity contribution in [2.75, 3.05) is 7.05 Å². The van der Waals surface area contributed by atoms with Crippen LogP contribution in [0.4, 0.5) is 0 Å². The molecule has 1 N–H and O–H groups in total.